The Morgan fingerprint density at radius 3 is 2.47 bits per heavy atom. The van der Waals surface area contributed by atoms with Gasteiger partial charge < -0.3 is 20.5 Å². The van der Waals surface area contributed by atoms with Gasteiger partial charge in [-0.3, -0.25) is 0 Å². The van der Waals surface area contributed by atoms with Crippen LogP contribution in [0.2, 0.25) is 0 Å². The smallest absolute Gasteiger partial charge is 0.317 e. The quantitative estimate of drug-likeness (QED) is 0.418. The van der Waals surface area contributed by atoms with E-state index < -0.39 is 35.8 Å². The van der Waals surface area contributed by atoms with Crippen molar-refractivity contribution in [3.8, 4) is 11.3 Å². The largest absolute Gasteiger partial charge is 0.341 e. The maximum Gasteiger partial charge on any atom is 0.317 e. The van der Waals surface area contributed by atoms with Crippen molar-refractivity contribution in [3.05, 3.63) is 77.8 Å². The molecule has 3 rings (SSSR count). The molecule has 1 aromatic heterocycles. The van der Waals surface area contributed by atoms with Crippen molar-refractivity contribution in [3.63, 3.8) is 0 Å². The Balaban J connectivity index is 2.18. The molecule has 2 aromatic carbocycles. The minimum atomic E-state index is -0.709. The highest BCUT2D eigenvalue weighted by Crippen LogP contribution is 2.39. The fourth-order valence-corrected chi connectivity index (χ4v) is 4.25. The van der Waals surface area contributed by atoms with Crippen LogP contribution in [0.25, 0.3) is 11.3 Å². The van der Waals surface area contributed by atoms with Crippen molar-refractivity contribution < 1.29 is 18.0 Å². The topological polar surface area (TPSA) is 76.2 Å². The lowest BCUT2D eigenvalue weighted by Crippen LogP contribution is -2.47. The second kappa shape index (κ2) is 11.6. The molecular weight excluding hydrogens is 467 g/mol. The number of urea groups is 1. The third-order valence-corrected chi connectivity index (χ3v) is 6.00. The fraction of sp³-hybridized carbons (Fsp3) is 0.407. The molecule has 0 spiro atoms. The number of nitrogens with two attached hydrogens (primary N) is 1. The van der Waals surface area contributed by atoms with Gasteiger partial charge in [-0.25, -0.2) is 22.9 Å². The van der Waals surface area contributed by atoms with Crippen LogP contribution in [0, 0.1) is 17.0 Å². The number of carbonyl (C=O) groups is 1. The molecule has 0 radical (unpaired) electrons. The van der Waals surface area contributed by atoms with Crippen LogP contribution in [0.4, 0.5) is 18.0 Å². The Morgan fingerprint density at radius 2 is 1.86 bits per heavy atom. The Labute approximate surface area is 210 Å². The van der Waals surface area contributed by atoms with E-state index in [4.69, 9.17) is 10.7 Å². The van der Waals surface area contributed by atoms with Crippen LogP contribution in [0.15, 0.2) is 54.7 Å². The Hall–Kier alpha value is -3.33. The van der Waals surface area contributed by atoms with Gasteiger partial charge in [-0.15, -0.1) is 0 Å². The number of halogens is 3. The summed E-state index contributed by atoms with van der Waals surface area (Å²) in [6.45, 7) is 5.78. The van der Waals surface area contributed by atoms with E-state index in [2.05, 4.69) is 5.32 Å². The first-order valence-corrected chi connectivity index (χ1v) is 11.9. The third-order valence-electron chi connectivity index (χ3n) is 6.00. The van der Waals surface area contributed by atoms with E-state index in [-0.39, 0.29) is 30.3 Å². The first kappa shape index (κ1) is 27.3. The second-order valence-corrected chi connectivity index (χ2v) is 9.94. The average molecular weight is 502 g/mol. The number of nitrogens with zero attached hydrogens (tertiary/aromatic N) is 3. The highest BCUT2D eigenvalue weighted by Gasteiger charge is 2.38. The molecule has 0 saturated heterocycles. The zero-order valence-corrected chi connectivity index (χ0v) is 21.1. The molecule has 2 atom stereocenters. The van der Waals surface area contributed by atoms with Gasteiger partial charge in [0.15, 0.2) is 0 Å². The van der Waals surface area contributed by atoms with Gasteiger partial charge in [0.1, 0.15) is 24.1 Å². The summed E-state index contributed by atoms with van der Waals surface area (Å²) in [5.41, 5.74) is 6.56. The molecule has 0 aliphatic carbocycles. The molecule has 9 heteroatoms. The highest BCUT2D eigenvalue weighted by molar-refractivity contribution is 5.74. The monoisotopic (exact) mass is 501 g/mol. The number of benzene rings is 2. The zero-order valence-electron chi connectivity index (χ0n) is 21.1. The lowest BCUT2D eigenvalue weighted by Gasteiger charge is -2.40. The lowest BCUT2D eigenvalue weighted by atomic mass is 9.84. The van der Waals surface area contributed by atoms with Gasteiger partial charge in [-0.1, -0.05) is 51.1 Å². The van der Waals surface area contributed by atoms with Crippen LogP contribution >= 0.6 is 0 Å². The summed E-state index contributed by atoms with van der Waals surface area (Å²) in [5, 5.41) is 2.66. The van der Waals surface area contributed by atoms with Gasteiger partial charge in [0.2, 0.25) is 0 Å². The van der Waals surface area contributed by atoms with Crippen LogP contribution < -0.4 is 11.1 Å². The van der Waals surface area contributed by atoms with Crippen molar-refractivity contribution >= 4 is 6.03 Å². The van der Waals surface area contributed by atoms with E-state index in [9.17, 15) is 18.0 Å². The molecule has 3 N–H and O–H groups in total. The molecule has 0 aliphatic rings. The third kappa shape index (κ3) is 6.46. The van der Waals surface area contributed by atoms with E-state index >= 15 is 0 Å². The van der Waals surface area contributed by atoms with Crippen LogP contribution in [0.5, 0.6) is 0 Å². The van der Waals surface area contributed by atoms with Crippen LogP contribution in [-0.2, 0) is 6.54 Å². The zero-order chi connectivity index (χ0) is 26.5. The SMILES string of the molecule is CNC(=O)N(CCC(N)CF)[C@@H](c1nc(-c2cc(F)ccc2F)cn1Cc1ccccc1)C(C)(C)C. The minimum absolute atomic E-state index is 0.0293. The maximum absolute atomic E-state index is 14.7. The highest BCUT2D eigenvalue weighted by atomic mass is 19.1. The normalized spacial score (nSPS) is 13.3. The summed E-state index contributed by atoms with van der Waals surface area (Å²) in [6, 6.07) is 11.2. The predicted octanol–water partition coefficient (Wildman–Crippen LogP) is 5.29. The number of carbonyl (C=O) groups excluding carboxylic acids is 1. The summed E-state index contributed by atoms with van der Waals surface area (Å²) >= 11 is 0. The van der Waals surface area contributed by atoms with Crippen LogP contribution in [-0.4, -0.2) is 46.8 Å². The first-order valence-electron chi connectivity index (χ1n) is 11.9. The number of hydrogen-bond acceptors (Lipinski definition) is 3. The fourth-order valence-electron chi connectivity index (χ4n) is 4.25. The molecule has 0 saturated carbocycles. The molecule has 0 aliphatic heterocycles. The van der Waals surface area contributed by atoms with Crippen molar-refractivity contribution in [2.45, 2.75) is 45.8 Å². The molecule has 1 unspecified atom stereocenters. The summed E-state index contributed by atoms with van der Waals surface area (Å²) < 4.78 is 43.7. The first-order chi connectivity index (χ1) is 17.0. The maximum atomic E-state index is 14.7. The number of alkyl halides is 1. The molecular formula is C27H34F3N5O. The molecule has 1 heterocycles. The predicted molar refractivity (Wildman–Crippen MR) is 135 cm³/mol. The lowest BCUT2D eigenvalue weighted by molar-refractivity contribution is 0.106. The van der Waals surface area contributed by atoms with Crippen molar-refractivity contribution in [2.24, 2.45) is 11.1 Å². The van der Waals surface area contributed by atoms with Gasteiger partial charge in [0.25, 0.3) is 0 Å². The molecule has 6 nitrogen and oxygen atoms in total. The van der Waals surface area contributed by atoms with Crippen LogP contribution in [0.1, 0.15) is 44.6 Å². The Morgan fingerprint density at radius 1 is 1.17 bits per heavy atom. The van der Waals surface area contributed by atoms with Crippen molar-refractivity contribution in [2.75, 3.05) is 20.3 Å². The molecule has 2 amide bonds. The van der Waals surface area contributed by atoms with E-state index in [0.717, 1.165) is 23.8 Å². The van der Waals surface area contributed by atoms with Gasteiger partial charge in [0.05, 0.1) is 11.7 Å². The molecule has 36 heavy (non-hydrogen) atoms. The number of rotatable bonds is 9. The summed E-state index contributed by atoms with van der Waals surface area (Å²) in [7, 11) is 1.52. The summed E-state index contributed by atoms with van der Waals surface area (Å²) in [6.07, 6.45) is 1.93. The number of hydrogen-bond donors (Lipinski definition) is 2. The molecule has 3 aromatic rings. The van der Waals surface area contributed by atoms with E-state index in [1.807, 2.05) is 55.7 Å². The summed E-state index contributed by atoms with van der Waals surface area (Å²) in [4.78, 5) is 19.4. The molecule has 0 bridgehead atoms. The number of imidazole rings is 1. The number of nitrogens with one attached hydrogen (secondary N) is 1. The Kier molecular flexibility index (Phi) is 8.79. The van der Waals surface area contributed by atoms with E-state index in [0.29, 0.717) is 12.4 Å². The average Bonchev–Trinajstić information content (AvgIpc) is 3.24. The minimum Gasteiger partial charge on any atom is -0.341 e. The van der Waals surface area contributed by atoms with E-state index in [1.54, 1.807) is 11.1 Å². The van der Waals surface area contributed by atoms with E-state index in [1.165, 1.54) is 7.05 Å². The Bertz CT molecular complexity index is 1160. The van der Waals surface area contributed by atoms with Crippen molar-refractivity contribution in [1.82, 2.24) is 19.8 Å². The van der Waals surface area contributed by atoms with Gasteiger partial charge in [-0.05, 0) is 35.6 Å². The number of aromatic nitrogens is 2. The van der Waals surface area contributed by atoms with Crippen LogP contribution in [0.3, 0.4) is 0 Å². The molecule has 0 fully saturated rings. The second-order valence-electron chi connectivity index (χ2n) is 9.94. The standard InChI is InChI=1S/C27H34F3N5O/c1-27(2,3)24(35(26(36)32-4)13-12-20(31)15-28)25-33-23(21-14-19(29)10-11-22(21)30)17-34(25)16-18-8-6-5-7-9-18/h5-11,14,17,20,24H,12-13,15-16,31H2,1-4H3,(H,32,36)/t20?,24-/m0/s1. The van der Waals surface area contributed by atoms with Gasteiger partial charge >= 0.3 is 6.03 Å². The molecule has 194 valence electrons. The summed E-state index contributed by atoms with van der Waals surface area (Å²) in [5.74, 6) is -0.677. The van der Waals surface area contributed by atoms with Crippen molar-refractivity contribution in [1.29, 1.82) is 0 Å². The number of amides is 2. The van der Waals surface area contributed by atoms with Gasteiger partial charge in [-0.2, -0.15) is 0 Å². The van der Waals surface area contributed by atoms with Gasteiger partial charge in [0, 0.05) is 37.9 Å².